The third-order valence-electron chi connectivity index (χ3n) is 3.76. The highest BCUT2D eigenvalue weighted by atomic mass is 16.2. The first-order valence-corrected chi connectivity index (χ1v) is 7.40. The summed E-state index contributed by atoms with van der Waals surface area (Å²) >= 11 is 0. The number of carbonyl (C=O) groups is 1. The molecule has 1 aromatic heterocycles. The van der Waals surface area contributed by atoms with Crippen molar-refractivity contribution in [2.24, 2.45) is 0 Å². The second kappa shape index (κ2) is 5.60. The maximum Gasteiger partial charge on any atom is 0.273 e. The van der Waals surface area contributed by atoms with Crippen molar-refractivity contribution in [3.63, 3.8) is 0 Å². The minimum atomic E-state index is -0.113. The van der Waals surface area contributed by atoms with Gasteiger partial charge in [-0.3, -0.25) is 9.48 Å². The van der Waals surface area contributed by atoms with Gasteiger partial charge in [0.2, 0.25) is 0 Å². The highest BCUT2D eigenvalue weighted by Crippen LogP contribution is 2.30. The molecule has 3 rings (SSSR count). The summed E-state index contributed by atoms with van der Waals surface area (Å²) in [5, 5.41) is 10.7. The molecule has 1 amide bonds. The normalized spacial score (nSPS) is 13.4. The number of amides is 1. The molecule has 0 spiro atoms. The number of benzene rings is 1. The van der Waals surface area contributed by atoms with Crippen molar-refractivity contribution in [1.29, 1.82) is 0 Å². The molecule has 2 N–H and O–H groups in total. The third-order valence-corrected chi connectivity index (χ3v) is 3.76. The van der Waals surface area contributed by atoms with Gasteiger partial charge in [-0.2, -0.15) is 5.10 Å². The first kappa shape index (κ1) is 13.7. The largest absolute Gasteiger partial charge is 0.383 e. The standard InChI is InChI=1S/C16H20N4O/c1-3-20-14(10-11(2)19-20)16(21)18-13-8-4-6-12-7-5-9-17-15(12)13/h4,6,8,10,17H,3,5,7,9H2,1-2H3,(H,18,21). The molecule has 5 nitrogen and oxygen atoms in total. The second-order valence-electron chi connectivity index (χ2n) is 5.31. The minimum Gasteiger partial charge on any atom is -0.383 e. The smallest absolute Gasteiger partial charge is 0.273 e. The number of hydrogen-bond acceptors (Lipinski definition) is 3. The zero-order valence-electron chi connectivity index (χ0n) is 12.4. The van der Waals surface area contributed by atoms with Gasteiger partial charge in [0.05, 0.1) is 17.1 Å². The summed E-state index contributed by atoms with van der Waals surface area (Å²) in [6, 6.07) is 7.86. The van der Waals surface area contributed by atoms with Crippen molar-refractivity contribution < 1.29 is 4.79 Å². The summed E-state index contributed by atoms with van der Waals surface area (Å²) in [6.45, 7) is 5.51. The van der Waals surface area contributed by atoms with E-state index in [1.807, 2.05) is 32.0 Å². The fourth-order valence-corrected chi connectivity index (χ4v) is 2.77. The molecule has 5 heteroatoms. The van der Waals surface area contributed by atoms with E-state index in [1.165, 1.54) is 5.56 Å². The van der Waals surface area contributed by atoms with Gasteiger partial charge < -0.3 is 10.6 Å². The van der Waals surface area contributed by atoms with Crippen molar-refractivity contribution in [2.75, 3.05) is 17.2 Å². The van der Waals surface area contributed by atoms with Crippen molar-refractivity contribution in [3.05, 3.63) is 41.2 Å². The number of aromatic nitrogens is 2. The second-order valence-corrected chi connectivity index (χ2v) is 5.31. The Kier molecular flexibility index (Phi) is 3.64. The molecule has 0 saturated heterocycles. The van der Waals surface area contributed by atoms with Crippen molar-refractivity contribution in [2.45, 2.75) is 33.2 Å². The van der Waals surface area contributed by atoms with Gasteiger partial charge in [-0.1, -0.05) is 12.1 Å². The Balaban J connectivity index is 1.88. The number of nitrogens with one attached hydrogen (secondary N) is 2. The monoisotopic (exact) mass is 284 g/mol. The van der Waals surface area contributed by atoms with Crippen LogP contribution in [0.3, 0.4) is 0 Å². The molecule has 1 aromatic carbocycles. The number of nitrogens with zero attached hydrogens (tertiary/aromatic N) is 2. The predicted molar refractivity (Wildman–Crippen MR) is 83.8 cm³/mol. The topological polar surface area (TPSA) is 59.0 Å². The van der Waals surface area contributed by atoms with Crippen LogP contribution in [-0.4, -0.2) is 22.2 Å². The van der Waals surface area contributed by atoms with Crippen LogP contribution in [0.4, 0.5) is 11.4 Å². The van der Waals surface area contributed by atoms with Gasteiger partial charge in [0.15, 0.2) is 0 Å². The third kappa shape index (κ3) is 2.63. The number of anilines is 2. The minimum absolute atomic E-state index is 0.113. The molecule has 0 aliphatic carbocycles. The summed E-state index contributed by atoms with van der Waals surface area (Å²) in [4.78, 5) is 12.5. The molecule has 110 valence electrons. The lowest BCUT2D eigenvalue weighted by molar-refractivity contribution is 0.101. The van der Waals surface area contributed by atoms with Crippen LogP contribution >= 0.6 is 0 Å². The van der Waals surface area contributed by atoms with E-state index in [2.05, 4.69) is 21.8 Å². The van der Waals surface area contributed by atoms with Gasteiger partial charge in [-0.25, -0.2) is 0 Å². The van der Waals surface area contributed by atoms with E-state index in [4.69, 9.17) is 0 Å². The lowest BCUT2D eigenvalue weighted by atomic mass is 10.0. The molecule has 0 fully saturated rings. The van der Waals surface area contributed by atoms with Crippen LogP contribution < -0.4 is 10.6 Å². The van der Waals surface area contributed by atoms with Gasteiger partial charge in [-0.05, 0) is 44.4 Å². The lowest BCUT2D eigenvalue weighted by Gasteiger charge is -2.21. The summed E-state index contributed by atoms with van der Waals surface area (Å²) in [5.41, 5.74) is 4.62. The molecule has 0 saturated carbocycles. The number of para-hydroxylation sites is 1. The predicted octanol–water partition coefficient (Wildman–Crippen LogP) is 2.82. The molecule has 0 bridgehead atoms. The summed E-state index contributed by atoms with van der Waals surface area (Å²) in [7, 11) is 0. The molecule has 2 heterocycles. The van der Waals surface area contributed by atoms with Crippen LogP contribution in [-0.2, 0) is 13.0 Å². The Bertz CT molecular complexity index is 675. The van der Waals surface area contributed by atoms with E-state index in [1.54, 1.807) is 4.68 Å². The number of fused-ring (bicyclic) bond motifs is 1. The molecule has 1 aliphatic rings. The van der Waals surface area contributed by atoms with Gasteiger partial charge in [-0.15, -0.1) is 0 Å². The van der Waals surface area contributed by atoms with Crippen molar-refractivity contribution in [1.82, 2.24) is 9.78 Å². The molecule has 0 atom stereocenters. The molecule has 21 heavy (non-hydrogen) atoms. The first-order chi connectivity index (χ1) is 10.2. The number of carbonyl (C=O) groups excluding carboxylic acids is 1. The van der Waals surface area contributed by atoms with Crippen LogP contribution in [0, 0.1) is 6.92 Å². The molecule has 0 radical (unpaired) electrons. The molecular formula is C16H20N4O. The van der Waals surface area contributed by atoms with Crippen LogP contribution in [0.2, 0.25) is 0 Å². The summed E-state index contributed by atoms with van der Waals surface area (Å²) in [5.74, 6) is -0.113. The Morgan fingerprint density at radius 1 is 1.48 bits per heavy atom. The molecule has 2 aromatic rings. The maximum atomic E-state index is 12.5. The molecule has 0 unspecified atom stereocenters. The Labute approximate surface area is 124 Å². The van der Waals surface area contributed by atoms with Gasteiger partial charge >= 0.3 is 0 Å². The lowest BCUT2D eigenvalue weighted by Crippen LogP contribution is -2.20. The van der Waals surface area contributed by atoms with E-state index in [-0.39, 0.29) is 5.91 Å². The van der Waals surface area contributed by atoms with Crippen LogP contribution in [0.15, 0.2) is 24.3 Å². The summed E-state index contributed by atoms with van der Waals surface area (Å²) < 4.78 is 1.73. The quantitative estimate of drug-likeness (QED) is 0.911. The Hall–Kier alpha value is -2.30. The summed E-state index contributed by atoms with van der Waals surface area (Å²) in [6.07, 6.45) is 2.18. The van der Waals surface area contributed by atoms with E-state index >= 15 is 0 Å². The van der Waals surface area contributed by atoms with Crippen LogP contribution in [0.25, 0.3) is 0 Å². The van der Waals surface area contributed by atoms with Crippen molar-refractivity contribution >= 4 is 17.3 Å². The maximum absolute atomic E-state index is 12.5. The van der Waals surface area contributed by atoms with E-state index < -0.39 is 0 Å². The zero-order chi connectivity index (χ0) is 14.8. The van der Waals surface area contributed by atoms with Crippen LogP contribution in [0.5, 0.6) is 0 Å². The van der Waals surface area contributed by atoms with E-state index in [0.29, 0.717) is 12.2 Å². The fraction of sp³-hybridized carbons (Fsp3) is 0.375. The average Bonchev–Trinajstić information content (AvgIpc) is 2.89. The van der Waals surface area contributed by atoms with E-state index in [9.17, 15) is 4.79 Å². The highest BCUT2D eigenvalue weighted by molar-refractivity contribution is 6.05. The van der Waals surface area contributed by atoms with Crippen molar-refractivity contribution in [3.8, 4) is 0 Å². The van der Waals surface area contributed by atoms with E-state index in [0.717, 1.165) is 36.5 Å². The number of aryl methyl sites for hydroxylation is 3. The van der Waals surface area contributed by atoms with Gasteiger partial charge in [0.1, 0.15) is 5.69 Å². The zero-order valence-corrected chi connectivity index (χ0v) is 12.4. The SMILES string of the molecule is CCn1nc(C)cc1C(=O)Nc1cccc2c1NCCC2. The fourth-order valence-electron chi connectivity index (χ4n) is 2.77. The Morgan fingerprint density at radius 2 is 2.33 bits per heavy atom. The van der Waals surface area contributed by atoms with Crippen LogP contribution in [0.1, 0.15) is 35.1 Å². The van der Waals surface area contributed by atoms with Gasteiger partial charge in [0, 0.05) is 13.1 Å². The highest BCUT2D eigenvalue weighted by Gasteiger charge is 2.17. The number of hydrogen-bond donors (Lipinski definition) is 2. The molecular weight excluding hydrogens is 264 g/mol. The molecule has 1 aliphatic heterocycles. The first-order valence-electron chi connectivity index (χ1n) is 7.40. The Morgan fingerprint density at radius 3 is 3.14 bits per heavy atom. The number of rotatable bonds is 3. The van der Waals surface area contributed by atoms with Gasteiger partial charge in [0.25, 0.3) is 5.91 Å². The average molecular weight is 284 g/mol.